The molecule has 0 radical (unpaired) electrons. The Labute approximate surface area is 158 Å². The van der Waals surface area contributed by atoms with Gasteiger partial charge >= 0.3 is 0 Å². The third-order valence-corrected chi connectivity index (χ3v) is 4.90. The van der Waals surface area contributed by atoms with Gasteiger partial charge in [-0.3, -0.25) is 9.59 Å². The van der Waals surface area contributed by atoms with Crippen LogP contribution >= 0.6 is 0 Å². The normalized spacial score (nSPS) is 16.8. The van der Waals surface area contributed by atoms with E-state index < -0.39 is 0 Å². The first-order chi connectivity index (χ1) is 13.2. The molecule has 142 valence electrons. The van der Waals surface area contributed by atoms with E-state index in [1.807, 2.05) is 0 Å². The fraction of sp³-hybridized carbons (Fsp3) is 0.333. The minimum absolute atomic E-state index is 0.108. The molecule has 1 aliphatic heterocycles. The zero-order valence-corrected chi connectivity index (χ0v) is 15.0. The SMILES string of the molecule is O=Cc1c(O)cccc1OC[C@@H]1CCCCN1C(=O)c1ccccc1CO. The van der Waals surface area contributed by atoms with Gasteiger partial charge in [0.15, 0.2) is 6.29 Å². The molecular weight excluding hydrogens is 346 g/mol. The number of rotatable bonds is 6. The maximum absolute atomic E-state index is 13.0. The molecular formula is C21H23NO5. The van der Waals surface area contributed by atoms with Gasteiger partial charge in [-0.1, -0.05) is 24.3 Å². The predicted octanol–water partition coefficient (Wildman–Crippen LogP) is 2.77. The first kappa shape index (κ1) is 18.9. The summed E-state index contributed by atoms with van der Waals surface area (Å²) in [5, 5.41) is 19.3. The number of likely N-dealkylation sites (tertiary alicyclic amines) is 1. The Bertz CT molecular complexity index is 820. The number of hydrogen-bond acceptors (Lipinski definition) is 5. The van der Waals surface area contributed by atoms with Crippen molar-refractivity contribution in [1.82, 2.24) is 4.90 Å². The Morgan fingerprint density at radius 1 is 1.19 bits per heavy atom. The van der Waals surface area contributed by atoms with Crippen LogP contribution in [-0.4, -0.2) is 46.5 Å². The number of carbonyl (C=O) groups excluding carboxylic acids is 2. The first-order valence-electron chi connectivity index (χ1n) is 9.05. The Morgan fingerprint density at radius 3 is 2.78 bits per heavy atom. The number of benzene rings is 2. The van der Waals surface area contributed by atoms with Crippen LogP contribution in [-0.2, 0) is 6.61 Å². The van der Waals surface area contributed by atoms with Crippen LogP contribution in [0.2, 0.25) is 0 Å². The molecule has 1 aliphatic rings. The van der Waals surface area contributed by atoms with Crippen LogP contribution < -0.4 is 4.74 Å². The molecule has 0 saturated carbocycles. The summed E-state index contributed by atoms with van der Waals surface area (Å²) in [6, 6.07) is 11.6. The number of nitrogens with zero attached hydrogens (tertiary/aromatic N) is 1. The number of hydrogen-bond donors (Lipinski definition) is 2. The fourth-order valence-electron chi connectivity index (χ4n) is 3.43. The van der Waals surface area contributed by atoms with E-state index in [9.17, 15) is 19.8 Å². The Morgan fingerprint density at radius 2 is 2.00 bits per heavy atom. The molecule has 1 atom stereocenters. The van der Waals surface area contributed by atoms with Crippen molar-refractivity contribution in [3.05, 3.63) is 59.2 Å². The van der Waals surface area contributed by atoms with Gasteiger partial charge < -0.3 is 19.8 Å². The lowest BCUT2D eigenvalue weighted by Crippen LogP contribution is -2.47. The predicted molar refractivity (Wildman–Crippen MR) is 100 cm³/mol. The van der Waals surface area contributed by atoms with Gasteiger partial charge in [0.2, 0.25) is 0 Å². The van der Waals surface area contributed by atoms with Crippen molar-refractivity contribution in [2.75, 3.05) is 13.2 Å². The van der Waals surface area contributed by atoms with Crippen LogP contribution in [0.25, 0.3) is 0 Å². The highest BCUT2D eigenvalue weighted by molar-refractivity contribution is 5.96. The van der Waals surface area contributed by atoms with Gasteiger partial charge in [0.25, 0.3) is 5.91 Å². The van der Waals surface area contributed by atoms with E-state index in [4.69, 9.17) is 4.74 Å². The molecule has 0 unspecified atom stereocenters. The lowest BCUT2D eigenvalue weighted by molar-refractivity contribution is 0.0524. The van der Waals surface area contributed by atoms with Crippen molar-refractivity contribution in [1.29, 1.82) is 0 Å². The summed E-state index contributed by atoms with van der Waals surface area (Å²) in [7, 11) is 0. The van der Waals surface area contributed by atoms with Crippen molar-refractivity contribution in [3.8, 4) is 11.5 Å². The van der Waals surface area contributed by atoms with Crippen LogP contribution in [0.4, 0.5) is 0 Å². The first-order valence-corrected chi connectivity index (χ1v) is 9.05. The second kappa shape index (κ2) is 8.68. The Balaban J connectivity index is 1.77. The maximum Gasteiger partial charge on any atom is 0.254 e. The number of aromatic hydroxyl groups is 1. The summed E-state index contributed by atoms with van der Waals surface area (Å²) < 4.78 is 5.79. The van der Waals surface area contributed by atoms with Gasteiger partial charge in [-0.2, -0.15) is 0 Å². The van der Waals surface area contributed by atoms with Crippen LogP contribution in [0.5, 0.6) is 11.5 Å². The van der Waals surface area contributed by atoms with Gasteiger partial charge in [0.05, 0.1) is 18.2 Å². The van der Waals surface area contributed by atoms with E-state index in [2.05, 4.69) is 0 Å². The molecule has 0 aliphatic carbocycles. The van der Waals surface area contributed by atoms with Crippen LogP contribution in [0, 0.1) is 0 Å². The van der Waals surface area contributed by atoms with E-state index >= 15 is 0 Å². The summed E-state index contributed by atoms with van der Waals surface area (Å²) in [5.74, 6) is 0.0501. The topological polar surface area (TPSA) is 87.1 Å². The van der Waals surface area contributed by atoms with Gasteiger partial charge in [-0.05, 0) is 43.0 Å². The lowest BCUT2D eigenvalue weighted by atomic mass is 9.99. The number of aliphatic hydroxyl groups excluding tert-OH is 1. The summed E-state index contributed by atoms with van der Waals surface area (Å²) in [5.41, 5.74) is 1.21. The van der Waals surface area contributed by atoms with Crippen molar-refractivity contribution in [2.24, 2.45) is 0 Å². The number of ether oxygens (including phenoxy) is 1. The highest BCUT2D eigenvalue weighted by Crippen LogP contribution is 2.27. The van der Waals surface area contributed by atoms with E-state index in [1.165, 1.54) is 6.07 Å². The summed E-state index contributed by atoms with van der Waals surface area (Å²) in [6.07, 6.45) is 3.25. The van der Waals surface area contributed by atoms with Crippen LogP contribution in [0.3, 0.4) is 0 Å². The molecule has 2 N–H and O–H groups in total. The van der Waals surface area contributed by atoms with Crippen LogP contribution in [0.15, 0.2) is 42.5 Å². The number of aldehydes is 1. The maximum atomic E-state index is 13.0. The Hall–Kier alpha value is -2.86. The minimum atomic E-state index is -0.192. The average Bonchev–Trinajstić information content (AvgIpc) is 2.72. The second-order valence-corrected chi connectivity index (χ2v) is 6.58. The zero-order chi connectivity index (χ0) is 19.2. The third-order valence-electron chi connectivity index (χ3n) is 4.90. The fourth-order valence-corrected chi connectivity index (χ4v) is 3.43. The number of carbonyl (C=O) groups is 2. The molecule has 0 spiro atoms. The van der Waals surface area contributed by atoms with Crippen LogP contribution in [0.1, 0.15) is 45.5 Å². The zero-order valence-electron chi connectivity index (χ0n) is 15.0. The van der Waals surface area contributed by atoms with Crippen molar-refractivity contribution >= 4 is 12.2 Å². The smallest absolute Gasteiger partial charge is 0.254 e. The van der Waals surface area contributed by atoms with Crippen molar-refractivity contribution in [3.63, 3.8) is 0 Å². The highest BCUT2D eigenvalue weighted by atomic mass is 16.5. The number of piperidine rings is 1. The lowest BCUT2D eigenvalue weighted by Gasteiger charge is -2.36. The van der Waals surface area contributed by atoms with E-state index in [0.717, 1.165) is 19.3 Å². The van der Waals surface area contributed by atoms with Crippen molar-refractivity contribution < 1.29 is 24.5 Å². The molecule has 1 saturated heterocycles. The third kappa shape index (κ3) is 4.11. The van der Waals surface area contributed by atoms with Gasteiger partial charge in [-0.25, -0.2) is 0 Å². The van der Waals surface area contributed by atoms with E-state index in [-0.39, 0.29) is 36.5 Å². The molecule has 3 rings (SSSR count). The van der Waals surface area contributed by atoms with Crippen molar-refractivity contribution in [2.45, 2.75) is 31.9 Å². The van der Waals surface area contributed by atoms with E-state index in [1.54, 1.807) is 41.3 Å². The summed E-state index contributed by atoms with van der Waals surface area (Å²) in [6.45, 7) is 0.660. The Kier molecular flexibility index (Phi) is 6.08. The molecule has 2 aromatic rings. The summed E-state index contributed by atoms with van der Waals surface area (Å²) in [4.78, 5) is 26.0. The molecule has 0 bridgehead atoms. The van der Waals surface area contributed by atoms with Gasteiger partial charge in [0, 0.05) is 12.1 Å². The molecule has 27 heavy (non-hydrogen) atoms. The van der Waals surface area contributed by atoms with Gasteiger partial charge in [0.1, 0.15) is 18.1 Å². The molecule has 2 aromatic carbocycles. The van der Waals surface area contributed by atoms with Gasteiger partial charge in [-0.15, -0.1) is 0 Å². The molecule has 1 amide bonds. The summed E-state index contributed by atoms with van der Waals surface area (Å²) >= 11 is 0. The molecule has 1 heterocycles. The average molecular weight is 369 g/mol. The molecule has 0 aromatic heterocycles. The number of amides is 1. The molecule has 1 fully saturated rings. The monoisotopic (exact) mass is 369 g/mol. The number of phenolic OH excluding ortho intramolecular Hbond substituents is 1. The molecule has 6 nitrogen and oxygen atoms in total. The molecule has 6 heteroatoms. The van der Waals surface area contributed by atoms with E-state index in [0.29, 0.717) is 29.7 Å². The second-order valence-electron chi connectivity index (χ2n) is 6.58. The highest BCUT2D eigenvalue weighted by Gasteiger charge is 2.29. The quantitative estimate of drug-likeness (QED) is 0.765. The number of aliphatic hydroxyl groups is 1. The number of phenols is 1. The standard InChI is InChI=1S/C21H23NO5/c23-12-15-6-1-2-8-17(15)21(26)22-11-4-3-7-16(22)14-27-20-10-5-9-19(25)18(20)13-24/h1-2,5-6,8-10,13,16,23,25H,3-4,7,11-12,14H2/t16-/m0/s1. The minimum Gasteiger partial charge on any atom is -0.507 e. The largest absolute Gasteiger partial charge is 0.507 e.